The zero-order valence-corrected chi connectivity index (χ0v) is 26.3. The lowest BCUT2D eigenvalue weighted by Gasteiger charge is -2.18. The van der Waals surface area contributed by atoms with E-state index in [1.54, 1.807) is 50.4 Å². The number of aryl methyl sites for hydroxylation is 2. The maximum atomic E-state index is 16.4. The SMILES string of the molecule is COc1nc(-c2cccc(-c3cccc(NC(=O)c4cn(C)c(=O)n(C)c4=O)c3C)c2F)cc2c1[C@H](CC[C@@H]1CCC(=O)N1)CC2. The average Bonchev–Trinajstić information content (AvgIpc) is 3.66. The van der Waals surface area contributed by atoms with Gasteiger partial charge in [-0.25, -0.2) is 14.2 Å². The van der Waals surface area contributed by atoms with Crippen molar-refractivity contribution in [3.8, 4) is 28.3 Å². The third-order valence-electron chi connectivity index (χ3n) is 9.26. The number of carbonyl (C=O) groups excluding carboxylic acids is 2. The third kappa shape index (κ3) is 5.61. The van der Waals surface area contributed by atoms with Crippen LogP contribution in [-0.4, -0.2) is 39.1 Å². The zero-order chi connectivity index (χ0) is 32.7. The molecular weight excluding hydrogens is 589 g/mol. The van der Waals surface area contributed by atoms with Gasteiger partial charge in [0, 0.05) is 55.1 Å². The molecule has 2 amide bonds. The van der Waals surface area contributed by atoms with Crippen LogP contribution >= 0.6 is 0 Å². The van der Waals surface area contributed by atoms with Gasteiger partial charge in [-0.05, 0) is 79.8 Å². The number of benzene rings is 2. The van der Waals surface area contributed by atoms with Crippen LogP contribution in [0.4, 0.5) is 10.1 Å². The monoisotopic (exact) mass is 625 g/mol. The molecule has 0 radical (unpaired) electrons. The van der Waals surface area contributed by atoms with Crippen LogP contribution in [0.25, 0.3) is 22.4 Å². The minimum Gasteiger partial charge on any atom is -0.481 e. The molecule has 0 bridgehead atoms. The van der Waals surface area contributed by atoms with Gasteiger partial charge in [-0.15, -0.1) is 0 Å². The second kappa shape index (κ2) is 12.4. The van der Waals surface area contributed by atoms with Gasteiger partial charge in [0.05, 0.1) is 12.8 Å². The van der Waals surface area contributed by atoms with Crippen LogP contribution in [0.15, 0.2) is 58.3 Å². The van der Waals surface area contributed by atoms with Gasteiger partial charge in [-0.3, -0.25) is 19.0 Å². The van der Waals surface area contributed by atoms with Gasteiger partial charge in [-0.1, -0.05) is 24.3 Å². The van der Waals surface area contributed by atoms with Gasteiger partial charge in [0.25, 0.3) is 11.5 Å². The minimum absolute atomic E-state index is 0.116. The Labute approximate surface area is 265 Å². The second-order valence-electron chi connectivity index (χ2n) is 12.1. The fourth-order valence-corrected chi connectivity index (χ4v) is 6.73. The van der Waals surface area contributed by atoms with Crippen molar-refractivity contribution < 1.29 is 18.7 Å². The Morgan fingerprint density at radius 3 is 2.52 bits per heavy atom. The van der Waals surface area contributed by atoms with Crippen LogP contribution in [0.3, 0.4) is 0 Å². The summed E-state index contributed by atoms with van der Waals surface area (Å²) in [6.45, 7) is 1.77. The Morgan fingerprint density at radius 1 is 1.04 bits per heavy atom. The van der Waals surface area contributed by atoms with Crippen molar-refractivity contribution >= 4 is 17.5 Å². The van der Waals surface area contributed by atoms with Crippen LogP contribution in [0.1, 0.15) is 65.1 Å². The normalized spacial score (nSPS) is 17.1. The van der Waals surface area contributed by atoms with Gasteiger partial charge >= 0.3 is 5.69 Å². The summed E-state index contributed by atoms with van der Waals surface area (Å²) in [7, 11) is 4.36. The molecule has 2 atom stereocenters. The number of ether oxygens (including phenoxy) is 1. The highest BCUT2D eigenvalue weighted by atomic mass is 19.1. The van der Waals surface area contributed by atoms with Crippen molar-refractivity contribution in [3.05, 3.63) is 97.6 Å². The van der Waals surface area contributed by atoms with E-state index in [0.29, 0.717) is 45.9 Å². The summed E-state index contributed by atoms with van der Waals surface area (Å²) in [5, 5.41) is 5.80. The Morgan fingerprint density at radius 2 is 1.78 bits per heavy atom. The standard InChI is InChI=1S/C35H36FN5O5/c1-19-23(7-6-10-27(19)38-32(43)26-18-40(2)35(45)41(3)34(26)44)24-8-5-9-25(31(24)36)28-17-21-12-11-20(30(21)33(39-28)46-4)13-14-22-15-16-29(42)37-22/h5-10,17-18,20,22H,11-16H2,1-4H3,(H,37,42)(H,38,43)/t20-,22+/m0/s1. The molecule has 6 rings (SSSR count). The number of amides is 2. The van der Waals surface area contributed by atoms with Gasteiger partial charge in [0.2, 0.25) is 11.8 Å². The number of fused-ring (bicyclic) bond motifs is 1. The molecule has 0 unspecified atom stereocenters. The lowest BCUT2D eigenvalue weighted by atomic mass is 9.93. The van der Waals surface area contributed by atoms with E-state index in [-0.39, 0.29) is 23.4 Å². The largest absolute Gasteiger partial charge is 0.481 e. The molecule has 0 saturated carbocycles. The molecular formula is C35H36FN5O5. The van der Waals surface area contributed by atoms with E-state index < -0.39 is 23.0 Å². The van der Waals surface area contributed by atoms with E-state index in [9.17, 15) is 19.2 Å². The lowest BCUT2D eigenvalue weighted by molar-refractivity contribution is -0.119. The predicted molar refractivity (Wildman–Crippen MR) is 173 cm³/mol. The minimum atomic E-state index is -0.709. The molecule has 10 nitrogen and oxygen atoms in total. The summed E-state index contributed by atoms with van der Waals surface area (Å²) in [5.41, 5.74) is 3.45. The third-order valence-corrected chi connectivity index (χ3v) is 9.26. The summed E-state index contributed by atoms with van der Waals surface area (Å²) in [6.07, 6.45) is 6.26. The van der Waals surface area contributed by atoms with Crippen LogP contribution in [0, 0.1) is 12.7 Å². The van der Waals surface area contributed by atoms with E-state index >= 15 is 4.39 Å². The van der Waals surface area contributed by atoms with Gasteiger partial charge in [-0.2, -0.15) is 0 Å². The quantitative estimate of drug-likeness (QED) is 0.295. The van der Waals surface area contributed by atoms with Crippen LogP contribution in [0.5, 0.6) is 5.88 Å². The summed E-state index contributed by atoms with van der Waals surface area (Å²) >= 11 is 0. The average molecular weight is 626 g/mol. The number of methoxy groups -OCH3 is 1. The Bertz CT molecular complexity index is 2000. The summed E-state index contributed by atoms with van der Waals surface area (Å²) in [4.78, 5) is 54.2. The topological polar surface area (TPSA) is 124 Å². The van der Waals surface area contributed by atoms with Crippen molar-refractivity contribution in [1.82, 2.24) is 19.4 Å². The molecule has 1 aliphatic carbocycles. The van der Waals surface area contributed by atoms with Crippen molar-refractivity contribution in [2.75, 3.05) is 12.4 Å². The smallest absolute Gasteiger partial charge is 0.330 e. The number of carbonyl (C=O) groups is 2. The fourth-order valence-electron chi connectivity index (χ4n) is 6.73. The number of anilines is 1. The molecule has 46 heavy (non-hydrogen) atoms. The van der Waals surface area contributed by atoms with Gasteiger partial charge < -0.3 is 19.9 Å². The molecule has 3 heterocycles. The number of hydrogen-bond acceptors (Lipinski definition) is 6. The molecule has 2 N–H and O–H groups in total. The van der Waals surface area contributed by atoms with Gasteiger partial charge in [0.1, 0.15) is 11.4 Å². The lowest BCUT2D eigenvalue weighted by Crippen LogP contribution is -2.40. The van der Waals surface area contributed by atoms with Crippen molar-refractivity contribution in [3.63, 3.8) is 0 Å². The Hall–Kier alpha value is -5.06. The van der Waals surface area contributed by atoms with Crippen LogP contribution in [-0.2, 0) is 25.3 Å². The number of halogens is 1. The first kappa shape index (κ1) is 30.9. The number of hydrogen-bond donors (Lipinski definition) is 2. The first-order chi connectivity index (χ1) is 22.1. The molecule has 11 heteroatoms. The molecule has 2 aromatic carbocycles. The highest BCUT2D eigenvalue weighted by Crippen LogP contribution is 2.44. The predicted octanol–water partition coefficient (Wildman–Crippen LogP) is 4.61. The fraction of sp³-hybridized carbons (Fsp3) is 0.343. The van der Waals surface area contributed by atoms with E-state index in [0.717, 1.165) is 47.8 Å². The van der Waals surface area contributed by atoms with E-state index in [1.807, 2.05) is 6.07 Å². The zero-order valence-electron chi connectivity index (χ0n) is 26.3. The number of nitrogens with zero attached hydrogens (tertiary/aromatic N) is 3. The second-order valence-corrected chi connectivity index (χ2v) is 12.1. The van der Waals surface area contributed by atoms with Crippen LogP contribution in [0.2, 0.25) is 0 Å². The first-order valence-corrected chi connectivity index (χ1v) is 15.4. The van der Waals surface area contributed by atoms with Gasteiger partial charge in [0.15, 0.2) is 0 Å². The maximum absolute atomic E-state index is 16.4. The molecule has 1 aliphatic heterocycles. The first-order valence-electron chi connectivity index (χ1n) is 15.4. The molecule has 1 fully saturated rings. The van der Waals surface area contributed by atoms with Crippen LogP contribution < -0.4 is 26.6 Å². The molecule has 2 aliphatic rings. The van der Waals surface area contributed by atoms with Crippen molar-refractivity contribution in [2.24, 2.45) is 14.1 Å². The Balaban J connectivity index is 1.29. The summed E-state index contributed by atoms with van der Waals surface area (Å²) in [6, 6.07) is 12.5. The maximum Gasteiger partial charge on any atom is 0.330 e. The summed E-state index contributed by atoms with van der Waals surface area (Å²) < 4.78 is 24.2. The number of pyridine rings is 1. The molecule has 2 aromatic heterocycles. The van der Waals surface area contributed by atoms with E-state index in [1.165, 1.54) is 24.9 Å². The molecule has 1 saturated heterocycles. The molecule has 4 aromatic rings. The van der Waals surface area contributed by atoms with Crippen molar-refractivity contribution in [1.29, 1.82) is 0 Å². The number of nitrogens with one attached hydrogen (secondary N) is 2. The Kier molecular flexibility index (Phi) is 8.33. The highest BCUT2D eigenvalue weighted by molar-refractivity contribution is 6.04. The number of aromatic nitrogens is 3. The van der Waals surface area contributed by atoms with Crippen molar-refractivity contribution in [2.45, 2.75) is 57.4 Å². The number of rotatable bonds is 8. The molecule has 238 valence electrons. The summed E-state index contributed by atoms with van der Waals surface area (Å²) in [5.74, 6) is -0.249. The molecule has 0 spiro atoms. The van der Waals surface area contributed by atoms with E-state index in [2.05, 4.69) is 10.6 Å². The van der Waals surface area contributed by atoms with E-state index in [4.69, 9.17) is 9.72 Å². The highest BCUT2D eigenvalue weighted by Gasteiger charge is 2.31.